The van der Waals surface area contributed by atoms with E-state index < -0.39 is 17.3 Å². The maximum absolute atomic E-state index is 12.7. The molecular formula is C21H26N4O6S. The number of fused-ring (bicyclic) bond motifs is 1. The molecule has 2 aliphatic heterocycles. The van der Waals surface area contributed by atoms with Crippen LogP contribution in [0.4, 0.5) is 0 Å². The van der Waals surface area contributed by atoms with E-state index in [9.17, 15) is 24.7 Å². The lowest BCUT2D eigenvalue weighted by molar-refractivity contribution is -0.709. The number of carboxylic acid groups (broad SMARTS) is 1. The van der Waals surface area contributed by atoms with Crippen molar-refractivity contribution in [2.75, 3.05) is 25.4 Å². The highest BCUT2D eigenvalue weighted by Crippen LogP contribution is 2.45. The normalized spacial score (nSPS) is 20.5. The highest BCUT2D eigenvalue weighted by Gasteiger charge is 2.53. The number of nitrogens with zero attached hydrogens (tertiary/aromatic N) is 4. The predicted octanol–water partition coefficient (Wildman–Crippen LogP) is 2.21. The molecule has 0 aliphatic carbocycles. The zero-order valence-corrected chi connectivity index (χ0v) is 18.8. The van der Waals surface area contributed by atoms with Crippen molar-refractivity contribution < 1.29 is 29.3 Å². The number of carbonyl (C=O) groups excluding carboxylic acids is 2. The molecule has 32 heavy (non-hydrogen) atoms. The topological polar surface area (TPSA) is 126 Å². The van der Waals surface area contributed by atoms with Gasteiger partial charge in [-0.05, 0) is 19.4 Å². The van der Waals surface area contributed by atoms with Crippen molar-refractivity contribution in [3.05, 3.63) is 52.4 Å². The molecule has 172 valence electrons. The van der Waals surface area contributed by atoms with Gasteiger partial charge < -0.3 is 15.2 Å². The summed E-state index contributed by atoms with van der Waals surface area (Å²) in [4.78, 5) is 43.7. The summed E-state index contributed by atoms with van der Waals surface area (Å²) in [6.07, 6.45) is 0.313. The molecule has 1 aromatic rings. The van der Waals surface area contributed by atoms with E-state index in [0.29, 0.717) is 29.4 Å². The van der Waals surface area contributed by atoms with E-state index in [4.69, 9.17) is 4.84 Å². The van der Waals surface area contributed by atoms with Crippen LogP contribution in [0.2, 0.25) is 0 Å². The minimum atomic E-state index is -1.25. The first-order valence-corrected chi connectivity index (χ1v) is 11.4. The average molecular weight is 463 g/mol. The fraction of sp³-hybridized carbons (Fsp3) is 0.476. The molecule has 1 saturated heterocycles. The summed E-state index contributed by atoms with van der Waals surface area (Å²) < 4.78 is 0. The molecule has 0 aromatic heterocycles. The molecule has 1 aromatic carbocycles. The Balaban J connectivity index is 1.65. The second-order valence-electron chi connectivity index (χ2n) is 7.43. The molecule has 0 saturated carbocycles. The van der Waals surface area contributed by atoms with Gasteiger partial charge in [-0.2, -0.15) is 0 Å². The van der Waals surface area contributed by atoms with Gasteiger partial charge in [-0.25, -0.2) is 4.79 Å². The van der Waals surface area contributed by atoms with Gasteiger partial charge in [0.25, 0.3) is 0 Å². The van der Waals surface area contributed by atoms with Crippen LogP contribution in [-0.2, 0) is 25.6 Å². The van der Waals surface area contributed by atoms with Gasteiger partial charge in [0.2, 0.25) is 11.2 Å². The number of hydrogen-bond donors (Lipinski definition) is 1. The number of carboxylic acids is 1. The number of hydrazine groups is 1. The third-order valence-electron chi connectivity index (χ3n) is 5.39. The molecule has 1 N–H and O–H groups in total. The standard InChI is InChI=1S/C21H26N4O6S/c1-3-23(4-2)25(30)22-31-12-15-13-32-20-17(19(27)24(20)18(15)21(28)29)11-16(26)10-14-8-6-5-7-9-14/h5-9,17,20H,3-4,10-13H2,1-2H3,(H,28,29)/b25-22-/t17-,20-/m1/s1. The highest BCUT2D eigenvalue weighted by atomic mass is 32.2. The van der Waals surface area contributed by atoms with Gasteiger partial charge in [0, 0.05) is 24.2 Å². The molecule has 0 spiro atoms. The van der Waals surface area contributed by atoms with Crippen LogP contribution in [0.1, 0.15) is 25.8 Å². The third kappa shape index (κ3) is 5.04. The highest BCUT2D eigenvalue weighted by molar-refractivity contribution is 8.00. The SMILES string of the molecule is CCN(CC)/[N+]([O-])=N/OCC1=C(C(=O)O)N2C(=O)[C@@H](CC(=O)Cc3ccccc3)[C@H]2SC1. The molecule has 0 unspecified atom stereocenters. The Morgan fingerprint density at radius 1 is 1.31 bits per heavy atom. The number of hydrogen-bond acceptors (Lipinski definition) is 7. The van der Waals surface area contributed by atoms with E-state index in [1.165, 1.54) is 21.7 Å². The van der Waals surface area contributed by atoms with Crippen LogP contribution < -0.4 is 0 Å². The Bertz CT molecular complexity index is 931. The average Bonchev–Trinajstić information content (AvgIpc) is 2.78. The summed E-state index contributed by atoms with van der Waals surface area (Å²) in [6.45, 7) is 4.26. The van der Waals surface area contributed by atoms with E-state index in [1.54, 1.807) is 13.8 Å². The van der Waals surface area contributed by atoms with Crippen LogP contribution in [0.3, 0.4) is 0 Å². The molecule has 2 aliphatic rings. The predicted molar refractivity (Wildman–Crippen MR) is 116 cm³/mol. The fourth-order valence-electron chi connectivity index (χ4n) is 3.74. The van der Waals surface area contributed by atoms with E-state index >= 15 is 0 Å². The first kappa shape index (κ1) is 23.6. The van der Waals surface area contributed by atoms with E-state index in [2.05, 4.69) is 5.28 Å². The molecule has 0 radical (unpaired) electrons. The van der Waals surface area contributed by atoms with Crippen LogP contribution in [0, 0.1) is 11.1 Å². The third-order valence-corrected chi connectivity index (χ3v) is 6.79. The monoisotopic (exact) mass is 462 g/mol. The van der Waals surface area contributed by atoms with Gasteiger partial charge in [-0.1, -0.05) is 30.3 Å². The first-order chi connectivity index (χ1) is 15.4. The zero-order chi connectivity index (χ0) is 23.3. The maximum atomic E-state index is 12.7. The Morgan fingerprint density at radius 3 is 2.62 bits per heavy atom. The Morgan fingerprint density at radius 2 is 2.00 bits per heavy atom. The van der Waals surface area contributed by atoms with Gasteiger partial charge >= 0.3 is 5.97 Å². The van der Waals surface area contributed by atoms with Crippen molar-refractivity contribution >= 4 is 29.4 Å². The summed E-state index contributed by atoms with van der Waals surface area (Å²) in [5.74, 6) is -1.94. The quantitative estimate of drug-likeness (QED) is 0.230. The lowest BCUT2D eigenvalue weighted by Gasteiger charge is -2.49. The van der Waals surface area contributed by atoms with E-state index in [0.717, 1.165) is 5.56 Å². The Kier molecular flexibility index (Phi) is 7.73. The minimum Gasteiger partial charge on any atom is -0.569 e. The van der Waals surface area contributed by atoms with Gasteiger partial charge in [0.05, 0.1) is 29.4 Å². The van der Waals surface area contributed by atoms with Gasteiger partial charge in [-0.3, -0.25) is 14.5 Å². The molecule has 1 amide bonds. The Hall–Kier alpha value is -3.08. The molecule has 11 heteroatoms. The largest absolute Gasteiger partial charge is 0.569 e. The van der Waals surface area contributed by atoms with Crippen LogP contribution in [0.5, 0.6) is 0 Å². The smallest absolute Gasteiger partial charge is 0.352 e. The summed E-state index contributed by atoms with van der Waals surface area (Å²) in [5.41, 5.74) is 1.09. The first-order valence-electron chi connectivity index (χ1n) is 10.4. The number of Topliss-reactive ketones (excluding diaryl/α,β-unsaturated/α-hetero) is 1. The summed E-state index contributed by atoms with van der Waals surface area (Å²) in [7, 11) is 0. The van der Waals surface area contributed by atoms with Crippen molar-refractivity contribution in [1.29, 1.82) is 0 Å². The summed E-state index contributed by atoms with van der Waals surface area (Å²) >= 11 is 1.38. The number of benzene rings is 1. The number of β-lactam (4-membered cyclic amide) rings is 1. The van der Waals surface area contributed by atoms with E-state index in [-0.39, 0.29) is 36.8 Å². The molecule has 3 rings (SSSR count). The molecule has 1 fully saturated rings. The van der Waals surface area contributed by atoms with Gasteiger partial charge in [0.15, 0.2) is 0 Å². The van der Waals surface area contributed by atoms with Gasteiger partial charge in [-0.15, -0.1) is 16.8 Å². The lowest BCUT2D eigenvalue weighted by atomic mass is 9.89. The van der Waals surface area contributed by atoms with Crippen LogP contribution in [0.15, 0.2) is 46.9 Å². The molecular weight excluding hydrogens is 436 g/mol. The molecule has 0 bridgehead atoms. The molecule has 10 nitrogen and oxygen atoms in total. The van der Waals surface area contributed by atoms with Crippen LogP contribution in [-0.4, -0.2) is 68.5 Å². The number of ketones is 1. The fourth-order valence-corrected chi connectivity index (χ4v) is 5.14. The number of rotatable bonds is 11. The van der Waals surface area contributed by atoms with Crippen molar-refractivity contribution in [1.82, 2.24) is 9.91 Å². The number of thioether (sulfide) groups is 1. The maximum Gasteiger partial charge on any atom is 0.352 e. The second-order valence-corrected chi connectivity index (χ2v) is 8.53. The zero-order valence-electron chi connectivity index (χ0n) is 18.0. The van der Waals surface area contributed by atoms with Gasteiger partial charge in [0.1, 0.15) is 18.1 Å². The van der Waals surface area contributed by atoms with Crippen LogP contribution in [0.25, 0.3) is 0 Å². The lowest BCUT2D eigenvalue weighted by Crippen LogP contribution is -2.62. The van der Waals surface area contributed by atoms with Crippen LogP contribution >= 0.6 is 11.8 Å². The second kappa shape index (κ2) is 10.5. The number of carbonyl (C=O) groups is 3. The van der Waals surface area contributed by atoms with Crippen molar-refractivity contribution in [3.8, 4) is 0 Å². The molecule has 2 heterocycles. The Labute approximate surface area is 190 Å². The minimum absolute atomic E-state index is 0.0597. The summed E-state index contributed by atoms with van der Waals surface area (Å²) in [6, 6.07) is 9.28. The number of amides is 1. The van der Waals surface area contributed by atoms with Crippen molar-refractivity contribution in [2.24, 2.45) is 11.2 Å². The number of aliphatic carboxylic acids is 1. The van der Waals surface area contributed by atoms with Crippen molar-refractivity contribution in [3.63, 3.8) is 0 Å². The summed E-state index contributed by atoms with van der Waals surface area (Å²) in [5, 5.41) is 26.0. The van der Waals surface area contributed by atoms with Crippen molar-refractivity contribution in [2.45, 2.75) is 32.1 Å². The molecule has 2 atom stereocenters. The van der Waals surface area contributed by atoms with E-state index in [1.807, 2.05) is 30.3 Å².